The number of hydrogen-bond donors (Lipinski definition) is 2. The van der Waals surface area contributed by atoms with Gasteiger partial charge in [0, 0.05) is 18.1 Å². The summed E-state index contributed by atoms with van der Waals surface area (Å²) in [6, 6.07) is 7.67. The molecule has 2 heterocycles. The Morgan fingerprint density at radius 3 is 2.48 bits per heavy atom. The number of hydrogen-bond acceptors (Lipinski definition) is 5. The molecule has 11 heteroatoms. The summed E-state index contributed by atoms with van der Waals surface area (Å²) in [5, 5.41) is 7.81. The molecule has 0 atom stereocenters. The lowest BCUT2D eigenvalue weighted by molar-refractivity contribution is -0.138. The fourth-order valence-corrected chi connectivity index (χ4v) is 5.02. The van der Waals surface area contributed by atoms with Gasteiger partial charge in [0.05, 0.1) is 17.5 Å². The first kappa shape index (κ1) is 21.8. The average molecular weight is 448 g/mol. The van der Waals surface area contributed by atoms with Crippen molar-refractivity contribution in [2.45, 2.75) is 35.2 Å². The van der Waals surface area contributed by atoms with Crippen LogP contribution in [-0.4, -0.2) is 27.5 Å². The van der Waals surface area contributed by atoms with E-state index in [9.17, 15) is 26.4 Å². The monoisotopic (exact) mass is 448 g/mol. The van der Waals surface area contributed by atoms with Crippen LogP contribution >= 0.6 is 11.3 Å². The molecule has 1 aliphatic rings. The van der Waals surface area contributed by atoms with Crippen LogP contribution < -0.4 is 10.5 Å². The highest BCUT2D eigenvalue weighted by Crippen LogP contribution is 2.38. The highest BCUT2D eigenvalue weighted by molar-refractivity contribution is 7.91. The van der Waals surface area contributed by atoms with Crippen LogP contribution in [0.4, 0.5) is 13.2 Å². The summed E-state index contributed by atoms with van der Waals surface area (Å²) in [4.78, 5) is 13.6. The number of halogens is 3. The molecule has 6 nitrogen and oxygen atoms in total. The number of carbonyl (C=O) groups is 1. The van der Waals surface area contributed by atoms with E-state index < -0.39 is 33.1 Å². The van der Waals surface area contributed by atoms with Crippen molar-refractivity contribution in [2.24, 2.45) is 5.14 Å². The molecular formula is C18H19F3N2O4S2. The Morgan fingerprint density at radius 1 is 1.21 bits per heavy atom. The van der Waals surface area contributed by atoms with Crippen molar-refractivity contribution in [3.8, 4) is 0 Å². The van der Waals surface area contributed by atoms with Crippen molar-refractivity contribution in [1.82, 2.24) is 5.32 Å². The number of primary sulfonamides is 1. The van der Waals surface area contributed by atoms with E-state index in [2.05, 4.69) is 5.32 Å². The molecule has 1 aromatic carbocycles. The molecule has 0 bridgehead atoms. The lowest BCUT2D eigenvalue weighted by atomic mass is 9.73. The van der Waals surface area contributed by atoms with Crippen LogP contribution in [0.2, 0.25) is 0 Å². The van der Waals surface area contributed by atoms with Crippen molar-refractivity contribution in [3.63, 3.8) is 0 Å². The van der Waals surface area contributed by atoms with Crippen LogP contribution in [-0.2, 0) is 37.7 Å². The zero-order valence-corrected chi connectivity index (χ0v) is 16.8. The second-order valence-corrected chi connectivity index (χ2v) is 9.68. The molecule has 0 radical (unpaired) electrons. The number of sulfonamides is 1. The SMILES string of the molecule is NS(=O)(=O)c1ccc(CNC(=O)C2(c3cccc(C(F)(F)F)c3)CCOCC2)s1. The fourth-order valence-electron chi connectivity index (χ4n) is 3.30. The van der Waals surface area contributed by atoms with Gasteiger partial charge in [-0.05, 0) is 36.6 Å². The lowest BCUT2D eigenvalue weighted by Crippen LogP contribution is -2.47. The summed E-state index contributed by atoms with van der Waals surface area (Å²) in [5.74, 6) is -0.425. The Labute approximate surface area is 169 Å². The first-order valence-corrected chi connectivity index (χ1v) is 11.0. The molecule has 1 saturated heterocycles. The van der Waals surface area contributed by atoms with E-state index in [-0.39, 0.29) is 42.4 Å². The molecule has 1 amide bonds. The van der Waals surface area contributed by atoms with Crippen molar-refractivity contribution >= 4 is 27.3 Å². The maximum absolute atomic E-state index is 13.1. The first-order chi connectivity index (χ1) is 13.5. The number of nitrogens with two attached hydrogens (primary N) is 1. The molecule has 0 saturated carbocycles. The van der Waals surface area contributed by atoms with E-state index in [1.807, 2.05) is 0 Å². The second kappa shape index (κ2) is 8.05. The number of benzene rings is 1. The molecular weight excluding hydrogens is 429 g/mol. The lowest BCUT2D eigenvalue weighted by Gasteiger charge is -2.36. The summed E-state index contributed by atoms with van der Waals surface area (Å²) < 4.78 is 67.5. The van der Waals surface area contributed by atoms with Crippen LogP contribution in [0, 0.1) is 0 Å². The van der Waals surface area contributed by atoms with Gasteiger partial charge in [0.15, 0.2) is 0 Å². The van der Waals surface area contributed by atoms with E-state index in [4.69, 9.17) is 9.88 Å². The zero-order chi connectivity index (χ0) is 21.3. The standard InChI is InChI=1S/C18H19F3N2O4S2/c19-18(20,21)13-3-1-2-12(10-13)17(6-8-27-9-7-17)16(24)23-11-14-4-5-15(28-14)29(22,25)26/h1-5,10H,6-9,11H2,(H,23,24)(H2,22,25,26). The van der Waals surface area contributed by atoms with E-state index >= 15 is 0 Å². The number of carbonyl (C=O) groups excluding carboxylic acids is 1. The third-order valence-electron chi connectivity index (χ3n) is 4.86. The Hall–Kier alpha value is -1.95. The molecule has 1 aromatic heterocycles. The molecule has 158 valence electrons. The van der Waals surface area contributed by atoms with Crippen LogP contribution in [0.5, 0.6) is 0 Å². The molecule has 0 aliphatic carbocycles. The third kappa shape index (κ3) is 4.80. The van der Waals surface area contributed by atoms with Gasteiger partial charge in [0.25, 0.3) is 0 Å². The summed E-state index contributed by atoms with van der Waals surface area (Å²) in [6.45, 7) is 0.539. The summed E-state index contributed by atoms with van der Waals surface area (Å²) in [6.07, 6.45) is -4.03. The van der Waals surface area contributed by atoms with Crippen molar-refractivity contribution in [2.75, 3.05) is 13.2 Å². The molecule has 0 unspecified atom stereocenters. The second-order valence-electron chi connectivity index (χ2n) is 6.72. The number of nitrogens with one attached hydrogen (secondary N) is 1. The summed E-state index contributed by atoms with van der Waals surface area (Å²) >= 11 is 0.928. The van der Waals surface area contributed by atoms with Gasteiger partial charge in [0.2, 0.25) is 15.9 Å². The zero-order valence-electron chi connectivity index (χ0n) is 15.2. The minimum Gasteiger partial charge on any atom is -0.381 e. The number of thiophene rings is 1. The minimum absolute atomic E-state index is 0.0274. The number of alkyl halides is 3. The fraction of sp³-hybridized carbons (Fsp3) is 0.389. The highest BCUT2D eigenvalue weighted by Gasteiger charge is 2.43. The van der Waals surface area contributed by atoms with Crippen LogP contribution in [0.15, 0.2) is 40.6 Å². The van der Waals surface area contributed by atoms with Crippen LogP contribution in [0.1, 0.15) is 28.8 Å². The normalized spacial score (nSPS) is 17.1. The molecule has 2 aromatic rings. The van der Waals surface area contributed by atoms with E-state index in [0.717, 1.165) is 23.5 Å². The third-order valence-corrected chi connectivity index (χ3v) is 7.39. The van der Waals surface area contributed by atoms with Crippen LogP contribution in [0.3, 0.4) is 0 Å². The van der Waals surface area contributed by atoms with Gasteiger partial charge >= 0.3 is 6.18 Å². The quantitative estimate of drug-likeness (QED) is 0.735. The molecule has 3 rings (SSSR count). The predicted molar refractivity (Wildman–Crippen MR) is 101 cm³/mol. The van der Waals surface area contributed by atoms with Crippen molar-refractivity contribution < 1.29 is 31.1 Å². The molecule has 29 heavy (non-hydrogen) atoms. The van der Waals surface area contributed by atoms with Gasteiger partial charge in [-0.25, -0.2) is 13.6 Å². The number of ether oxygens (including phenoxy) is 1. The molecule has 0 spiro atoms. The maximum atomic E-state index is 13.1. The van der Waals surface area contributed by atoms with Crippen molar-refractivity contribution in [1.29, 1.82) is 0 Å². The van der Waals surface area contributed by atoms with Gasteiger partial charge in [-0.2, -0.15) is 13.2 Å². The maximum Gasteiger partial charge on any atom is 0.416 e. The van der Waals surface area contributed by atoms with Gasteiger partial charge in [-0.15, -0.1) is 11.3 Å². The van der Waals surface area contributed by atoms with Gasteiger partial charge < -0.3 is 10.1 Å². The smallest absolute Gasteiger partial charge is 0.381 e. The highest BCUT2D eigenvalue weighted by atomic mass is 32.2. The van der Waals surface area contributed by atoms with Crippen molar-refractivity contribution in [3.05, 3.63) is 52.4 Å². The first-order valence-electron chi connectivity index (χ1n) is 8.68. The minimum atomic E-state index is -4.51. The van der Waals surface area contributed by atoms with Gasteiger partial charge in [-0.1, -0.05) is 18.2 Å². The van der Waals surface area contributed by atoms with E-state index in [0.29, 0.717) is 4.88 Å². The largest absolute Gasteiger partial charge is 0.416 e. The number of rotatable bonds is 5. The summed E-state index contributed by atoms with van der Waals surface area (Å²) in [5.41, 5.74) is -1.69. The van der Waals surface area contributed by atoms with E-state index in [1.165, 1.54) is 24.3 Å². The Kier molecular flexibility index (Phi) is 6.04. The Morgan fingerprint density at radius 2 is 1.90 bits per heavy atom. The molecule has 1 fully saturated rings. The summed E-state index contributed by atoms with van der Waals surface area (Å²) in [7, 11) is -3.83. The predicted octanol–water partition coefficient (Wildman–Crippen LogP) is 2.78. The Bertz CT molecular complexity index is 997. The van der Waals surface area contributed by atoms with Gasteiger partial charge in [-0.3, -0.25) is 4.79 Å². The number of amides is 1. The Balaban J connectivity index is 1.85. The van der Waals surface area contributed by atoms with Gasteiger partial charge in [0.1, 0.15) is 4.21 Å². The molecule has 3 N–H and O–H groups in total. The topological polar surface area (TPSA) is 98.5 Å². The molecule has 1 aliphatic heterocycles. The van der Waals surface area contributed by atoms with Crippen LogP contribution in [0.25, 0.3) is 0 Å². The average Bonchev–Trinajstić information content (AvgIpc) is 3.15. The van der Waals surface area contributed by atoms with E-state index in [1.54, 1.807) is 0 Å².